The Morgan fingerprint density at radius 3 is 2.93 bits per heavy atom. The molecule has 2 N–H and O–H groups in total. The molecule has 7 nitrogen and oxygen atoms in total. The molecule has 2 atom stereocenters. The van der Waals surface area contributed by atoms with Gasteiger partial charge in [-0.15, -0.1) is 0 Å². The smallest absolute Gasteiger partial charge is 0.231 e. The molecule has 1 aromatic heterocycles. The van der Waals surface area contributed by atoms with Gasteiger partial charge in [0, 0.05) is 31.6 Å². The summed E-state index contributed by atoms with van der Waals surface area (Å²) in [5.74, 6) is 3.27. The summed E-state index contributed by atoms with van der Waals surface area (Å²) >= 11 is 0. The molecule has 1 aliphatic carbocycles. The molecule has 3 aliphatic rings. The Morgan fingerprint density at radius 2 is 2.07 bits per heavy atom. The van der Waals surface area contributed by atoms with Crippen molar-refractivity contribution in [3.05, 3.63) is 35.0 Å². The van der Waals surface area contributed by atoms with E-state index in [1.165, 1.54) is 5.56 Å². The van der Waals surface area contributed by atoms with E-state index in [1.807, 2.05) is 25.2 Å². The van der Waals surface area contributed by atoms with Gasteiger partial charge in [0.25, 0.3) is 0 Å². The molecule has 0 radical (unpaired) electrons. The third-order valence-corrected chi connectivity index (χ3v) is 5.85. The number of benzene rings is 1. The highest BCUT2D eigenvalue weighted by Gasteiger charge is 2.32. The Bertz CT molecular complexity index is 873. The van der Waals surface area contributed by atoms with Crippen LogP contribution in [0.15, 0.2) is 18.2 Å². The first-order valence-corrected chi connectivity index (χ1v) is 9.63. The maximum Gasteiger partial charge on any atom is 0.231 e. The van der Waals surface area contributed by atoms with E-state index < -0.39 is 6.10 Å². The van der Waals surface area contributed by atoms with Crippen molar-refractivity contribution >= 4 is 11.8 Å². The zero-order valence-electron chi connectivity index (χ0n) is 15.4. The van der Waals surface area contributed by atoms with Gasteiger partial charge < -0.3 is 24.8 Å². The lowest BCUT2D eigenvalue weighted by Gasteiger charge is -2.36. The van der Waals surface area contributed by atoms with Crippen LogP contribution in [0.5, 0.6) is 11.5 Å². The molecule has 5 rings (SSSR count). The molecular weight excluding hydrogens is 344 g/mol. The minimum absolute atomic E-state index is 0.0777. The Hall–Kier alpha value is -2.54. The van der Waals surface area contributed by atoms with Crippen LogP contribution in [0.4, 0.5) is 11.8 Å². The van der Waals surface area contributed by atoms with Gasteiger partial charge in [0.1, 0.15) is 5.82 Å². The second-order valence-corrected chi connectivity index (χ2v) is 7.42. The van der Waals surface area contributed by atoms with Crippen molar-refractivity contribution in [1.82, 2.24) is 9.97 Å². The molecule has 1 aromatic carbocycles. The third kappa shape index (κ3) is 2.86. The Kier molecular flexibility index (Phi) is 4.04. The molecule has 1 fully saturated rings. The van der Waals surface area contributed by atoms with Gasteiger partial charge in [0.05, 0.1) is 11.8 Å². The molecule has 2 aromatic rings. The van der Waals surface area contributed by atoms with Crippen molar-refractivity contribution < 1.29 is 14.6 Å². The van der Waals surface area contributed by atoms with Crippen LogP contribution < -0.4 is 19.7 Å². The van der Waals surface area contributed by atoms with Gasteiger partial charge in [-0.1, -0.05) is 6.07 Å². The summed E-state index contributed by atoms with van der Waals surface area (Å²) in [5.41, 5.74) is 3.49. The molecular formula is C20H24N4O3. The predicted octanol–water partition coefficient (Wildman–Crippen LogP) is 2.09. The number of piperidine rings is 1. The van der Waals surface area contributed by atoms with Gasteiger partial charge in [0.2, 0.25) is 12.7 Å². The zero-order chi connectivity index (χ0) is 18.4. The molecule has 0 unspecified atom stereocenters. The molecule has 0 bridgehead atoms. The van der Waals surface area contributed by atoms with Crippen LogP contribution in [0.1, 0.15) is 35.6 Å². The number of nitrogens with one attached hydrogen (secondary N) is 1. The SMILES string of the molecule is CNc1nc(N2CC[C@H](c3ccc4c(c3)OCO4)[C@@H](O)C2)nc2c1CCC2. The fourth-order valence-electron chi connectivity index (χ4n) is 4.41. The Labute approximate surface area is 158 Å². The molecule has 0 spiro atoms. The molecule has 0 amide bonds. The monoisotopic (exact) mass is 368 g/mol. The number of β-amino-alcohol motifs (C(OH)–C–C–N with tert-alkyl or cyclic N) is 1. The maximum atomic E-state index is 10.8. The second-order valence-electron chi connectivity index (χ2n) is 7.42. The largest absolute Gasteiger partial charge is 0.454 e. The first-order valence-electron chi connectivity index (χ1n) is 9.63. The molecule has 3 heterocycles. The first kappa shape index (κ1) is 16.6. The van der Waals surface area contributed by atoms with Crippen molar-refractivity contribution in [2.45, 2.75) is 37.7 Å². The van der Waals surface area contributed by atoms with Gasteiger partial charge in [0.15, 0.2) is 11.5 Å². The standard InChI is InChI=1S/C20H24N4O3/c1-21-19-14-3-2-4-15(14)22-20(23-19)24-8-7-13(16(25)10-24)12-5-6-17-18(9-12)27-11-26-17/h5-6,9,13,16,25H,2-4,7-8,10-11H2,1H3,(H,21,22,23)/t13-,16+/m1/s1. The van der Waals surface area contributed by atoms with E-state index in [0.717, 1.165) is 66.8 Å². The van der Waals surface area contributed by atoms with E-state index in [2.05, 4.69) is 10.2 Å². The number of hydrogen-bond donors (Lipinski definition) is 2. The number of aliphatic hydroxyl groups is 1. The summed E-state index contributed by atoms with van der Waals surface area (Å²) in [7, 11) is 1.91. The van der Waals surface area contributed by atoms with Crippen LogP contribution in [0.25, 0.3) is 0 Å². The summed E-state index contributed by atoms with van der Waals surface area (Å²) in [4.78, 5) is 11.6. The lowest BCUT2D eigenvalue weighted by atomic mass is 9.87. The summed E-state index contributed by atoms with van der Waals surface area (Å²) in [6.45, 7) is 1.61. The average molecular weight is 368 g/mol. The molecule has 142 valence electrons. The minimum atomic E-state index is -0.478. The maximum absolute atomic E-state index is 10.8. The van der Waals surface area contributed by atoms with E-state index in [-0.39, 0.29) is 12.7 Å². The van der Waals surface area contributed by atoms with Crippen molar-refractivity contribution in [3.63, 3.8) is 0 Å². The number of anilines is 2. The quantitative estimate of drug-likeness (QED) is 0.859. The van der Waals surface area contributed by atoms with Crippen molar-refractivity contribution in [1.29, 1.82) is 0 Å². The van der Waals surface area contributed by atoms with E-state index in [4.69, 9.17) is 19.4 Å². The second kappa shape index (κ2) is 6.56. The number of aromatic nitrogens is 2. The number of aliphatic hydroxyl groups excluding tert-OH is 1. The zero-order valence-corrected chi connectivity index (χ0v) is 15.4. The minimum Gasteiger partial charge on any atom is -0.454 e. The highest BCUT2D eigenvalue weighted by molar-refractivity contribution is 5.53. The van der Waals surface area contributed by atoms with E-state index in [9.17, 15) is 5.11 Å². The third-order valence-electron chi connectivity index (χ3n) is 5.85. The first-order chi connectivity index (χ1) is 13.2. The van der Waals surface area contributed by atoms with Crippen LogP contribution >= 0.6 is 0 Å². The van der Waals surface area contributed by atoms with Crippen LogP contribution in [0.3, 0.4) is 0 Å². The number of aryl methyl sites for hydroxylation is 1. The van der Waals surface area contributed by atoms with Crippen LogP contribution in [-0.4, -0.2) is 48.1 Å². The highest BCUT2D eigenvalue weighted by atomic mass is 16.7. The molecule has 27 heavy (non-hydrogen) atoms. The fourth-order valence-corrected chi connectivity index (χ4v) is 4.41. The molecule has 0 saturated carbocycles. The van der Waals surface area contributed by atoms with E-state index in [1.54, 1.807) is 0 Å². The van der Waals surface area contributed by atoms with E-state index in [0.29, 0.717) is 6.54 Å². The number of nitrogens with zero attached hydrogens (tertiary/aromatic N) is 3. The molecule has 1 saturated heterocycles. The van der Waals surface area contributed by atoms with Crippen molar-refractivity contribution in [2.24, 2.45) is 0 Å². The predicted molar refractivity (Wildman–Crippen MR) is 102 cm³/mol. The number of hydrogen-bond acceptors (Lipinski definition) is 7. The number of rotatable bonds is 3. The van der Waals surface area contributed by atoms with Crippen molar-refractivity contribution in [2.75, 3.05) is 37.1 Å². The van der Waals surface area contributed by atoms with Crippen molar-refractivity contribution in [3.8, 4) is 11.5 Å². The fraction of sp³-hybridized carbons (Fsp3) is 0.500. The van der Waals surface area contributed by atoms with Crippen LogP contribution in [-0.2, 0) is 12.8 Å². The van der Waals surface area contributed by atoms with Gasteiger partial charge in [-0.25, -0.2) is 4.98 Å². The number of fused-ring (bicyclic) bond motifs is 2. The Balaban J connectivity index is 1.36. The Morgan fingerprint density at radius 1 is 1.19 bits per heavy atom. The summed E-state index contributed by atoms with van der Waals surface area (Å²) in [5, 5.41) is 14.0. The highest BCUT2D eigenvalue weighted by Crippen LogP contribution is 2.38. The molecule has 7 heteroatoms. The average Bonchev–Trinajstić information content (AvgIpc) is 3.35. The lowest BCUT2D eigenvalue weighted by Crippen LogP contribution is -2.43. The van der Waals surface area contributed by atoms with Gasteiger partial charge in [-0.05, 0) is 43.4 Å². The summed E-state index contributed by atoms with van der Waals surface area (Å²) in [6.07, 6.45) is 3.55. The van der Waals surface area contributed by atoms with Gasteiger partial charge >= 0.3 is 0 Å². The summed E-state index contributed by atoms with van der Waals surface area (Å²) in [6, 6.07) is 5.96. The van der Waals surface area contributed by atoms with Gasteiger partial charge in [-0.3, -0.25) is 0 Å². The van der Waals surface area contributed by atoms with Crippen LogP contribution in [0.2, 0.25) is 0 Å². The lowest BCUT2D eigenvalue weighted by molar-refractivity contribution is 0.129. The normalized spacial score (nSPS) is 23.4. The van der Waals surface area contributed by atoms with Crippen LogP contribution in [0, 0.1) is 0 Å². The van der Waals surface area contributed by atoms with Gasteiger partial charge in [-0.2, -0.15) is 4.98 Å². The topological polar surface area (TPSA) is 79.7 Å². The van der Waals surface area contributed by atoms with E-state index >= 15 is 0 Å². The summed E-state index contributed by atoms with van der Waals surface area (Å²) < 4.78 is 10.9. The molecule has 2 aliphatic heterocycles. The number of ether oxygens (including phenoxy) is 2.